The Bertz CT molecular complexity index is 187. The van der Waals surface area contributed by atoms with Gasteiger partial charge in [0.2, 0.25) is 0 Å². The molecule has 88 valence electrons. The van der Waals surface area contributed by atoms with E-state index >= 15 is 0 Å². The van der Waals surface area contributed by atoms with Crippen LogP contribution < -0.4 is 5.73 Å². The molecule has 2 heteroatoms. The van der Waals surface area contributed by atoms with E-state index in [1.807, 2.05) is 0 Å². The highest BCUT2D eigenvalue weighted by atomic mass is 15.1. The van der Waals surface area contributed by atoms with Crippen molar-refractivity contribution in [1.82, 2.24) is 4.90 Å². The Morgan fingerprint density at radius 2 is 1.93 bits per heavy atom. The van der Waals surface area contributed by atoms with E-state index in [0.717, 1.165) is 18.4 Å². The Labute approximate surface area is 94.2 Å². The summed E-state index contributed by atoms with van der Waals surface area (Å²) < 4.78 is 0. The Hall–Kier alpha value is -0.0800. The molecule has 2 fully saturated rings. The van der Waals surface area contributed by atoms with E-state index in [2.05, 4.69) is 11.8 Å². The summed E-state index contributed by atoms with van der Waals surface area (Å²) in [6.07, 6.45) is 8.37. The minimum absolute atomic E-state index is 0.442. The smallest absolute Gasteiger partial charge is 0.0196 e. The molecule has 1 aliphatic carbocycles. The lowest BCUT2D eigenvalue weighted by atomic mass is 9.95. The zero-order chi connectivity index (χ0) is 10.7. The summed E-state index contributed by atoms with van der Waals surface area (Å²) in [6, 6.07) is 0.442. The molecule has 0 aromatic heterocycles. The van der Waals surface area contributed by atoms with E-state index in [9.17, 15) is 0 Å². The second-order valence-electron chi connectivity index (χ2n) is 5.72. The minimum Gasteiger partial charge on any atom is -0.326 e. The highest BCUT2D eigenvalue weighted by molar-refractivity contribution is 4.82. The fraction of sp³-hybridized carbons (Fsp3) is 1.00. The van der Waals surface area contributed by atoms with Crippen molar-refractivity contribution in [3.63, 3.8) is 0 Å². The molecule has 0 amide bonds. The van der Waals surface area contributed by atoms with Crippen LogP contribution in [0.2, 0.25) is 0 Å². The lowest BCUT2D eigenvalue weighted by molar-refractivity contribution is 0.161. The van der Waals surface area contributed by atoms with E-state index < -0.39 is 0 Å². The zero-order valence-electron chi connectivity index (χ0n) is 10.1. The summed E-state index contributed by atoms with van der Waals surface area (Å²) >= 11 is 0. The largest absolute Gasteiger partial charge is 0.326 e. The van der Waals surface area contributed by atoms with Gasteiger partial charge in [0, 0.05) is 19.1 Å². The van der Waals surface area contributed by atoms with E-state index in [0.29, 0.717) is 6.04 Å². The number of hydrogen-bond acceptors (Lipinski definition) is 2. The quantitative estimate of drug-likeness (QED) is 0.774. The summed E-state index contributed by atoms with van der Waals surface area (Å²) in [5.74, 6) is 1.71. The van der Waals surface area contributed by atoms with Crippen molar-refractivity contribution in [3.8, 4) is 0 Å². The number of hydrogen-bond donors (Lipinski definition) is 1. The van der Waals surface area contributed by atoms with Gasteiger partial charge in [-0.3, -0.25) is 0 Å². The molecule has 2 rings (SSSR count). The van der Waals surface area contributed by atoms with Crippen LogP contribution in [0.4, 0.5) is 0 Å². The molecule has 2 nitrogen and oxygen atoms in total. The summed E-state index contributed by atoms with van der Waals surface area (Å²) in [6.45, 7) is 6.08. The Kier molecular flexibility index (Phi) is 4.04. The fourth-order valence-electron chi connectivity index (χ4n) is 3.29. The molecule has 15 heavy (non-hydrogen) atoms. The molecule has 0 aromatic carbocycles. The van der Waals surface area contributed by atoms with Crippen molar-refractivity contribution in [3.05, 3.63) is 0 Å². The van der Waals surface area contributed by atoms with Gasteiger partial charge < -0.3 is 10.6 Å². The lowest BCUT2D eigenvalue weighted by Gasteiger charge is -2.34. The molecule has 1 saturated carbocycles. The molecule has 0 bridgehead atoms. The Morgan fingerprint density at radius 1 is 1.20 bits per heavy atom. The van der Waals surface area contributed by atoms with Crippen LogP contribution >= 0.6 is 0 Å². The molecule has 1 aliphatic heterocycles. The zero-order valence-corrected chi connectivity index (χ0v) is 10.1. The lowest BCUT2D eigenvalue weighted by Crippen LogP contribution is -2.45. The van der Waals surface area contributed by atoms with Crippen molar-refractivity contribution in [2.45, 2.75) is 51.5 Å². The van der Waals surface area contributed by atoms with Gasteiger partial charge >= 0.3 is 0 Å². The van der Waals surface area contributed by atoms with Crippen LogP contribution in [-0.2, 0) is 0 Å². The maximum Gasteiger partial charge on any atom is 0.0196 e. The van der Waals surface area contributed by atoms with Crippen molar-refractivity contribution in [2.24, 2.45) is 17.6 Å². The fourth-order valence-corrected chi connectivity index (χ4v) is 3.29. The highest BCUT2D eigenvalue weighted by Crippen LogP contribution is 2.27. The third kappa shape index (κ3) is 3.18. The Morgan fingerprint density at radius 3 is 2.60 bits per heavy atom. The predicted molar refractivity (Wildman–Crippen MR) is 64.8 cm³/mol. The third-order valence-corrected chi connectivity index (χ3v) is 4.22. The number of nitrogens with two attached hydrogens (primary N) is 1. The molecular weight excluding hydrogens is 184 g/mol. The van der Waals surface area contributed by atoms with Crippen LogP contribution in [0.25, 0.3) is 0 Å². The van der Waals surface area contributed by atoms with Gasteiger partial charge in [-0.1, -0.05) is 19.8 Å². The summed E-state index contributed by atoms with van der Waals surface area (Å²) in [5.41, 5.74) is 6.31. The standard InChI is InChI=1S/C13H26N2/c1-11-5-4-8-15(9-11)10-13(14)12-6-2-3-7-12/h11-13H,2-10,14H2,1H3. The monoisotopic (exact) mass is 210 g/mol. The van der Waals surface area contributed by atoms with E-state index in [1.165, 1.54) is 51.6 Å². The van der Waals surface area contributed by atoms with Gasteiger partial charge in [-0.15, -0.1) is 0 Å². The number of rotatable bonds is 3. The van der Waals surface area contributed by atoms with Gasteiger partial charge in [0.15, 0.2) is 0 Å². The molecule has 0 radical (unpaired) electrons. The first-order valence-corrected chi connectivity index (χ1v) is 6.73. The molecule has 0 aromatic rings. The molecular formula is C13H26N2. The molecule has 1 heterocycles. The van der Waals surface area contributed by atoms with Crippen LogP contribution in [-0.4, -0.2) is 30.6 Å². The van der Waals surface area contributed by atoms with E-state index in [-0.39, 0.29) is 0 Å². The number of nitrogens with zero attached hydrogens (tertiary/aromatic N) is 1. The van der Waals surface area contributed by atoms with Crippen LogP contribution in [0.15, 0.2) is 0 Å². The van der Waals surface area contributed by atoms with Crippen LogP contribution in [0, 0.1) is 11.8 Å². The SMILES string of the molecule is CC1CCCN(CC(N)C2CCCC2)C1. The molecule has 0 spiro atoms. The highest BCUT2D eigenvalue weighted by Gasteiger charge is 2.25. The minimum atomic E-state index is 0.442. The van der Waals surface area contributed by atoms with Crippen molar-refractivity contribution < 1.29 is 0 Å². The Balaban J connectivity index is 1.74. The van der Waals surface area contributed by atoms with E-state index in [1.54, 1.807) is 0 Å². The van der Waals surface area contributed by atoms with Crippen LogP contribution in [0.5, 0.6) is 0 Å². The molecule has 2 N–H and O–H groups in total. The van der Waals surface area contributed by atoms with Crippen LogP contribution in [0.1, 0.15) is 45.4 Å². The average molecular weight is 210 g/mol. The molecule has 1 saturated heterocycles. The first-order chi connectivity index (χ1) is 7.25. The van der Waals surface area contributed by atoms with E-state index in [4.69, 9.17) is 5.73 Å². The normalized spacial score (nSPS) is 32.0. The summed E-state index contributed by atoms with van der Waals surface area (Å²) in [5, 5.41) is 0. The van der Waals surface area contributed by atoms with Crippen molar-refractivity contribution >= 4 is 0 Å². The topological polar surface area (TPSA) is 29.3 Å². The van der Waals surface area contributed by atoms with Crippen LogP contribution in [0.3, 0.4) is 0 Å². The molecule has 2 aliphatic rings. The summed E-state index contributed by atoms with van der Waals surface area (Å²) in [4.78, 5) is 2.59. The van der Waals surface area contributed by atoms with Gasteiger partial charge in [-0.25, -0.2) is 0 Å². The van der Waals surface area contributed by atoms with Gasteiger partial charge in [0.25, 0.3) is 0 Å². The van der Waals surface area contributed by atoms with Gasteiger partial charge in [-0.2, -0.15) is 0 Å². The third-order valence-electron chi connectivity index (χ3n) is 4.22. The van der Waals surface area contributed by atoms with Gasteiger partial charge in [0.1, 0.15) is 0 Å². The van der Waals surface area contributed by atoms with Crippen molar-refractivity contribution in [2.75, 3.05) is 19.6 Å². The second kappa shape index (κ2) is 5.31. The van der Waals surface area contributed by atoms with Gasteiger partial charge in [-0.05, 0) is 44.1 Å². The molecule has 2 unspecified atom stereocenters. The molecule has 2 atom stereocenters. The van der Waals surface area contributed by atoms with Gasteiger partial charge in [0.05, 0.1) is 0 Å². The number of likely N-dealkylation sites (tertiary alicyclic amines) is 1. The maximum absolute atomic E-state index is 6.31. The first kappa shape index (κ1) is 11.4. The average Bonchev–Trinajstić information content (AvgIpc) is 2.70. The first-order valence-electron chi connectivity index (χ1n) is 6.73. The maximum atomic E-state index is 6.31. The number of piperidine rings is 1. The summed E-state index contributed by atoms with van der Waals surface area (Å²) in [7, 11) is 0. The van der Waals surface area contributed by atoms with Crippen molar-refractivity contribution in [1.29, 1.82) is 0 Å². The second-order valence-corrected chi connectivity index (χ2v) is 5.72. The predicted octanol–water partition coefficient (Wildman–Crippen LogP) is 2.24.